The molecule has 1 saturated carbocycles. The second-order valence-corrected chi connectivity index (χ2v) is 4.32. The van der Waals surface area contributed by atoms with E-state index < -0.39 is 0 Å². The first-order chi connectivity index (χ1) is 5.31. The maximum Gasteiger partial charge on any atom is 0.0198 e. The van der Waals surface area contributed by atoms with E-state index in [4.69, 9.17) is 5.84 Å². The Morgan fingerprint density at radius 3 is 1.91 bits per heavy atom. The summed E-state index contributed by atoms with van der Waals surface area (Å²) in [6.45, 7) is 2.32. The molecule has 2 nitrogen and oxygen atoms in total. The second-order valence-electron chi connectivity index (χ2n) is 4.32. The number of nitrogens with two attached hydrogens (primary N) is 1. The highest BCUT2D eigenvalue weighted by molar-refractivity contribution is 4.93. The first kappa shape index (κ1) is 7.56. The Bertz CT molecular complexity index is 128. The molecule has 2 fully saturated rings. The summed E-state index contributed by atoms with van der Waals surface area (Å²) >= 11 is 0. The third-order valence-electron chi connectivity index (χ3n) is 3.24. The van der Waals surface area contributed by atoms with Crippen LogP contribution in [0.1, 0.15) is 38.5 Å². The first-order valence-electron chi connectivity index (χ1n) is 4.80. The predicted octanol–water partition coefficient (Wildman–Crippen LogP) is 1.52. The Labute approximate surface area is 68.7 Å². The van der Waals surface area contributed by atoms with E-state index in [1.165, 1.54) is 38.5 Å². The van der Waals surface area contributed by atoms with Crippen LogP contribution in [0.5, 0.6) is 0 Å². The summed E-state index contributed by atoms with van der Waals surface area (Å²) in [5.41, 5.74) is 0.658. The van der Waals surface area contributed by atoms with Crippen molar-refractivity contribution in [2.75, 3.05) is 13.1 Å². The van der Waals surface area contributed by atoms with E-state index in [0.29, 0.717) is 5.41 Å². The molecule has 2 N–H and O–H groups in total. The van der Waals surface area contributed by atoms with Gasteiger partial charge in [0.1, 0.15) is 0 Å². The molecule has 0 aromatic heterocycles. The van der Waals surface area contributed by atoms with Crippen LogP contribution >= 0.6 is 0 Å². The van der Waals surface area contributed by atoms with Crippen LogP contribution in [0.4, 0.5) is 0 Å². The average molecular weight is 154 g/mol. The monoisotopic (exact) mass is 154 g/mol. The normalized spacial score (nSPS) is 31.4. The van der Waals surface area contributed by atoms with Gasteiger partial charge in [-0.15, -0.1) is 0 Å². The molecular formula is C9H18N2. The van der Waals surface area contributed by atoms with Crippen LogP contribution in [0.25, 0.3) is 0 Å². The number of hydrazine groups is 1. The Balaban J connectivity index is 1.91. The third kappa shape index (κ3) is 1.42. The van der Waals surface area contributed by atoms with Crippen LogP contribution in [0.15, 0.2) is 0 Å². The Morgan fingerprint density at radius 2 is 1.45 bits per heavy atom. The maximum atomic E-state index is 5.67. The number of hydrogen-bond acceptors (Lipinski definition) is 2. The lowest BCUT2D eigenvalue weighted by atomic mass is 9.75. The topological polar surface area (TPSA) is 29.3 Å². The fraction of sp³-hybridized carbons (Fsp3) is 1.00. The van der Waals surface area contributed by atoms with E-state index >= 15 is 0 Å². The molecule has 0 aromatic carbocycles. The minimum Gasteiger partial charge on any atom is -0.269 e. The van der Waals surface area contributed by atoms with Gasteiger partial charge >= 0.3 is 0 Å². The average Bonchev–Trinajstić information content (AvgIpc) is 2.12. The van der Waals surface area contributed by atoms with Crippen molar-refractivity contribution in [1.82, 2.24) is 5.01 Å². The van der Waals surface area contributed by atoms with Crippen molar-refractivity contribution in [1.29, 1.82) is 0 Å². The van der Waals surface area contributed by atoms with Gasteiger partial charge in [0.25, 0.3) is 0 Å². The van der Waals surface area contributed by atoms with Crippen LogP contribution in [0, 0.1) is 5.41 Å². The minimum atomic E-state index is 0.658. The molecule has 64 valence electrons. The zero-order valence-corrected chi connectivity index (χ0v) is 7.18. The summed E-state index contributed by atoms with van der Waals surface area (Å²) in [6, 6.07) is 0. The number of rotatable bonds is 0. The predicted molar refractivity (Wildman–Crippen MR) is 45.9 cm³/mol. The standard InChI is InChI=1S/C9H18N2/c10-11-7-9(8-11)5-3-1-2-4-6-9/h1-8,10H2. The molecule has 1 heterocycles. The lowest BCUT2D eigenvalue weighted by Gasteiger charge is -2.48. The van der Waals surface area contributed by atoms with Crippen molar-refractivity contribution in [2.24, 2.45) is 11.3 Å². The van der Waals surface area contributed by atoms with Crippen LogP contribution in [0.2, 0.25) is 0 Å². The van der Waals surface area contributed by atoms with Gasteiger partial charge in [0.2, 0.25) is 0 Å². The zero-order valence-electron chi connectivity index (χ0n) is 7.18. The van der Waals surface area contributed by atoms with Gasteiger partial charge in [-0.3, -0.25) is 5.84 Å². The molecule has 0 radical (unpaired) electrons. The summed E-state index contributed by atoms with van der Waals surface area (Å²) in [5.74, 6) is 5.67. The second kappa shape index (κ2) is 2.76. The van der Waals surface area contributed by atoms with E-state index in [2.05, 4.69) is 0 Å². The van der Waals surface area contributed by atoms with Gasteiger partial charge in [-0.05, 0) is 18.3 Å². The molecule has 0 amide bonds. The van der Waals surface area contributed by atoms with Crippen molar-refractivity contribution in [3.63, 3.8) is 0 Å². The molecule has 2 heteroatoms. The largest absolute Gasteiger partial charge is 0.269 e. The van der Waals surface area contributed by atoms with Crippen molar-refractivity contribution >= 4 is 0 Å². The Kier molecular flexibility index (Phi) is 1.90. The summed E-state index contributed by atoms with van der Waals surface area (Å²) < 4.78 is 0. The molecule has 1 aliphatic carbocycles. The molecule has 1 saturated heterocycles. The molecule has 0 bridgehead atoms. The molecule has 0 unspecified atom stereocenters. The third-order valence-corrected chi connectivity index (χ3v) is 3.24. The van der Waals surface area contributed by atoms with Gasteiger partial charge in [-0.2, -0.15) is 0 Å². The Morgan fingerprint density at radius 1 is 0.909 bits per heavy atom. The number of hydrogen-bond donors (Lipinski definition) is 1. The summed E-state index contributed by atoms with van der Waals surface area (Å²) in [7, 11) is 0. The van der Waals surface area contributed by atoms with Crippen molar-refractivity contribution in [2.45, 2.75) is 38.5 Å². The minimum absolute atomic E-state index is 0.658. The lowest BCUT2D eigenvalue weighted by Crippen LogP contribution is -2.59. The van der Waals surface area contributed by atoms with Crippen molar-refractivity contribution < 1.29 is 0 Å². The fourth-order valence-electron chi connectivity index (χ4n) is 2.61. The van der Waals surface area contributed by atoms with E-state index in [1.807, 2.05) is 5.01 Å². The first-order valence-corrected chi connectivity index (χ1v) is 4.80. The molecule has 0 atom stereocenters. The molecule has 1 aliphatic heterocycles. The van der Waals surface area contributed by atoms with Crippen LogP contribution in [-0.4, -0.2) is 18.1 Å². The van der Waals surface area contributed by atoms with Gasteiger partial charge < -0.3 is 0 Å². The SMILES string of the molecule is NN1CC2(CCCCCC2)C1. The molecular weight excluding hydrogens is 136 g/mol. The van der Waals surface area contributed by atoms with Gasteiger partial charge in [0, 0.05) is 13.1 Å². The van der Waals surface area contributed by atoms with Gasteiger partial charge in [0.05, 0.1) is 0 Å². The van der Waals surface area contributed by atoms with Gasteiger partial charge in [-0.1, -0.05) is 25.7 Å². The van der Waals surface area contributed by atoms with E-state index in [9.17, 15) is 0 Å². The summed E-state index contributed by atoms with van der Waals surface area (Å²) in [4.78, 5) is 0. The van der Waals surface area contributed by atoms with Crippen LogP contribution < -0.4 is 5.84 Å². The fourth-order valence-corrected chi connectivity index (χ4v) is 2.61. The van der Waals surface area contributed by atoms with E-state index in [-0.39, 0.29) is 0 Å². The van der Waals surface area contributed by atoms with Crippen molar-refractivity contribution in [3.8, 4) is 0 Å². The highest BCUT2D eigenvalue weighted by atomic mass is 15.4. The molecule has 2 rings (SSSR count). The summed E-state index contributed by atoms with van der Waals surface area (Å²) in [5, 5.41) is 1.96. The molecule has 0 aromatic rings. The summed E-state index contributed by atoms with van der Waals surface area (Å²) in [6.07, 6.45) is 8.64. The van der Waals surface area contributed by atoms with Crippen LogP contribution in [-0.2, 0) is 0 Å². The van der Waals surface area contributed by atoms with Crippen LogP contribution in [0.3, 0.4) is 0 Å². The zero-order chi connectivity index (χ0) is 7.73. The molecule has 11 heavy (non-hydrogen) atoms. The molecule has 2 aliphatic rings. The maximum absolute atomic E-state index is 5.67. The quantitative estimate of drug-likeness (QED) is 0.536. The number of nitrogens with zero attached hydrogens (tertiary/aromatic N) is 1. The van der Waals surface area contributed by atoms with Crippen molar-refractivity contribution in [3.05, 3.63) is 0 Å². The van der Waals surface area contributed by atoms with E-state index in [0.717, 1.165) is 13.1 Å². The Hall–Kier alpha value is -0.0800. The highest BCUT2D eigenvalue weighted by Crippen LogP contribution is 2.41. The van der Waals surface area contributed by atoms with Gasteiger partial charge in [-0.25, -0.2) is 5.01 Å². The van der Waals surface area contributed by atoms with E-state index in [1.54, 1.807) is 0 Å². The smallest absolute Gasteiger partial charge is 0.0198 e. The molecule has 1 spiro atoms. The van der Waals surface area contributed by atoms with Gasteiger partial charge in [0.15, 0.2) is 0 Å². The lowest BCUT2D eigenvalue weighted by molar-refractivity contribution is -0.0122. The highest BCUT2D eigenvalue weighted by Gasteiger charge is 2.40.